The first-order chi connectivity index (χ1) is 9.38. The van der Waals surface area contributed by atoms with Gasteiger partial charge in [0, 0.05) is 25.2 Å². The van der Waals surface area contributed by atoms with Gasteiger partial charge in [-0.25, -0.2) is 0 Å². The zero-order chi connectivity index (χ0) is 15.2. The molecule has 20 heavy (non-hydrogen) atoms. The summed E-state index contributed by atoms with van der Waals surface area (Å²) in [4.78, 5) is 23.4. The molecule has 1 aromatic rings. The average Bonchev–Trinajstić information content (AvgIpc) is 2.39. The lowest BCUT2D eigenvalue weighted by atomic mass is 9.84. The van der Waals surface area contributed by atoms with Crippen LogP contribution in [0, 0.1) is 5.41 Å². The number of hydrogen-bond donors (Lipinski definition) is 2. The molecule has 5 heteroatoms. The number of nitrogens with zero attached hydrogens (tertiary/aromatic N) is 1. The fourth-order valence-corrected chi connectivity index (χ4v) is 2.04. The standard InChI is InChI=1S/C15H25N3O2/c1-4-18-11-12(5-6-14(18)20)17-13(19)7-8-15(2,3)9-10-16/h5-6,11H,4,7-10,16H2,1-3H3,(H,17,19). The minimum absolute atomic E-state index is 0.0311. The van der Waals surface area contributed by atoms with E-state index in [-0.39, 0.29) is 16.9 Å². The normalized spacial score (nSPS) is 11.4. The van der Waals surface area contributed by atoms with Crippen LogP contribution in [-0.2, 0) is 11.3 Å². The number of nitrogens with two attached hydrogens (primary N) is 1. The van der Waals surface area contributed by atoms with Gasteiger partial charge in [-0.1, -0.05) is 13.8 Å². The van der Waals surface area contributed by atoms with Crippen LogP contribution in [-0.4, -0.2) is 17.0 Å². The number of rotatable bonds is 7. The third-order valence-corrected chi connectivity index (χ3v) is 3.46. The summed E-state index contributed by atoms with van der Waals surface area (Å²) >= 11 is 0. The van der Waals surface area contributed by atoms with Crippen molar-refractivity contribution < 1.29 is 4.79 Å². The molecular formula is C15H25N3O2. The maximum absolute atomic E-state index is 11.9. The Hall–Kier alpha value is -1.62. The molecule has 0 spiro atoms. The molecule has 1 rings (SSSR count). The molecule has 0 aromatic carbocycles. The minimum atomic E-state index is -0.0606. The molecule has 3 N–H and O–H groups in total. The quantitative estimate of drug-likeness (QED) is 0.801. The highest BCUT2D eigenvalue weighted by Gasteiger charge is 2.18. The molecule has 0 saturated heterocycles. The second kappa shape index (κ2) is 7.24. The Bertz CT molecular complexity index is 506. The van der Waals surface area contributed by atoms with Crippen molar-refractivity contribution in [3.05, 3.63) is 28.7 Å². The summed E-state index contributed by atoms with van der Waals surface area (Å²) in [7, 11) is 0. The Labute approximate surface area is 120 Å². The SMILES string of the molecule is CCn1cc(NC(=O)CCC(C)(C)CCN)ccc1=O. The summed E-state index contributed by atoms with van der Waals surface area (Å²) < 4.78 is 1.56. The first kappa shape index (κ1) is 16.4. The van der Waals surface area contributed by atoms with Crippen LogP contribution in [0.25, 0.3) is 0 Å². The molecule has 112 valence electrons. The van der Waals surface area contributed by atoms with E-state index < -0.39 is 0 Å². The van der Waals surface area contributed by atoms with Gasteiger partial charge in [-0.15, -0.1) is 0 Å². The zero-order valence-corrected chi connectivity index (χ0v) is 12.6. The fourth-order valence-electron chi connectivity index (χ4n) is 2.04. The summed E-state index contributed by atoms with van der Waals surface area (Å²) in [6, 6.07) is 3.11. The topological polar surface area (TPSA) is 77.1 Å². The number of carbonyl (C=O) groups is 1. The monoisotopic (exact) mass is 279 g/mol. The van der Waals surface area contributed by atoms with Gasteiger partial charge >= 0.3 is 0 Å². The van der Waals surface area contributed by atoms with Gasteiger partial charge < -0.3 is 15.6 Å². The number of carbonyl (C=O) groups excluding carboxylic acids is 1. The average molecular weight is 279 g/mol. The van der Waals surface area contributed by atoms with E-state index in [2.05, 4.69) is 19.2 Å². The van der Waals surface area contributed by atoms with Crippen molar-refractivity contribution in [1.29, 1.82) is 0 Å². The smallest absolute Gasteiger partial charge is 0.250 e. The third kappa shape index (κ3) is 5.17. The van der Waals surface area contributed by atoms with Crippen molar-refractivity contribution in [3.63, 3.8) is 0 Å². The number of amides is 1. The van der Waals surface area contributed by atoms with E-state index in [4.69, 9.17) is 5.73 Å². The first-order valence-electron chi connectivity index (χ1n) is 7.08. The van der Waals surface area contributed by atoms with E-state index in [1.54, 1.807) is 16.8 Å². The number of pyridine rings is 1. The summed E-state index contributed by atoms with van der Waals surface area (Å²) in [5.41, 5.74) is 6.24. The zero-order valence-electron chi connectivity index (χ0n) is 12.6. The molecule has 0 atom stereocenters. The highest BCUT2D eigenvalue weighted by Crippen LogP contribution is 2.26. The molecule has 0 saturated carbocycles. The number of aryl methyl sites for hydroxylation is 1. The lowest BCUT2D eigenvalue weighted by Crippen LogP contribution is -2.22. The van der Waals surface area contributed by atoms with E-state index >= 15 is 0 Å². The van der Waals surface area contributed by atoms with Gasteiger partial charge in [0.1, 0.15) is 0 Å². The summed E-state index contributed by atoms with van der Waals surface area (Å²) in [5.74, 6) is -0.0311. The largest absolute Gasteiger partial charge is 0.330 e. The number of hydrogen-bond acceptors (Lipinski definition) is 3. The van der Waals surface area contributed by atoms with Crippen LogP contribution in [0.4, 0.5) is 5.69 Å². The molecule has 0 radical (unpaired) electrons. The molecule has 0 aliphatic rings. The Morgan fingerprint density at radius 3 is 2.65 bits per heavy atom. The summed E-state index contributed by atoms with van der Waals surface area (Å²) in [6.07, 6.45) is 3.83. The predicted molar refractivity (Wildman–Crippen MR) is 81.7 cm³/mol. The number of anilines is 1. The van der Waals surface area contributed by atoms with E-state index in [1.165, 1.54) is 6.07 Å². The Morgan fingerprint density at radius 1 is 1.35 bits per heavy atom. The van der Waals surface area contributed by atoms with Crippen LogP contribution >= 0.6 is 0 Å². The molecule has 0 aliphatic heterocycles. The third-order valence-electron chi connectivity index (χ3n) is 3.46. The molecule has 0 unspecified atom stereocenters. The van der Waals surface area contributed by atoms with Crippen LogP contribution in [0.2, 0.25) is 0 Å². The first-order valence-corrected chi connectivity index (χ1v) is 7.08. The van der Waals surface area contributed by atoms with Crippen molar-refractivity contribution in [2.45, 2.75) is 46.6 Å². The Balaban J connectivity index is 2.56. The molecule has 0 fully saturated rings. The lowest BCUT2D eigenvalue weighted by Gasteiger charge is -2.23. The molecule has 1 heterocycles. The van der Waals surface area contributed by atoms with Crippen LogP contribution in [0.15, 0.2) is 23.1 Å². The summed E-state index contributed by atoms with van der Waals surface area (Å²) in [6.45, 7) is 7.35. The van der Waals surface area contributed by atoms with Gasteiger partial charge in [0.2, 0.25) is 5.91 Å². The van der Waals surface area contributed by atoms with Crippen LogP contribution in [0.3, 0.4) is 0 Å². The maximum Gasteiger partial charge on any atom is 0.250 e. The lowest BCUT2D eigenvalue weighted by molar-refractivity contribution is -0.116. The fraction of sp³-hybridized carbons (Fsp3) is 0.600. The van der Waals surface area contributed by atoms with Gasteiger partial charge in [-0.05, 0) is 37.8 Å². The van der Waals surface area contributed by atoms with Crippen molar-refractivity contribution in [2.24, 2.45) is 11.1 Å². The molecule has 5 nitrogen and oxygen atoms in total. The Kier molecular flexibility index (Phi) is 5.95. The van der Waals surface area contributed by atoms with Crippen molar-refractivity contribution in [1.82, 2.24) is 4.57 Å². The summed E-state index contributed by atoms with van der Waals surface area (Å²) in [5, 5.41) is 2.83. The molecule has 0 aliphatic carbocycles. The van der Waals surface area contributed by atoms with Gasteiger partial charge in [0.15, 0.2) is 0 Å². The molecular weight excluding hydrogens is 254 g/mol. The van der Waals surface area contributed by atoms with Crippen molar-refractivity contribution in [3.8, 4) is 0 Å². The predicted octanol–water partition coefficient (Wildman–Crippen LogP) is 1.96. The van der Waals surface area contributed by atoms with E-state index in [1.807, 2.05) is 6.92 Å². The van der Waals surface area contributed by atoms with Crippen molar-refractivity contribution >= 4 is 11.6 Å². The van der Waals surface area contributed by atoms with Crippen LogP contribution in [0.5, 0.6) is 0 Å². The van der Waals surface area contributed by atoms with Crippen molar-refractivity contribution in [2.75, 3.05) is 11.9 Å². The van der Waals surface area contributed by atoms with E-state index in [0.717, 1.165) is 12.8 Å². The molecule has 1 amide bonds. The van der Waals surface area contributed by atoms with Gasteiger partial charge in [-0.2, -0.15) is 0 Å². The van der Waals surface area contributed by atoms with Gasteiger partial charge in [0.25, 0.3) is 5.56 Å². The number of nitrogens with one attached hydrogen (secondary N) is 1. The van der Waals surface area contributed by atoms with Crippen LogP contribution < -0.4 is 16.6 Å². The second-order valence-corrected chi connectivity index (χ2v) is 5.79. The van der Waals surface area contributed by atoms with E-state index in [9.17, 15) is 9.59 Å². The highest BCUT2D eigenvalue weighted by atomic mass is 16.1. The molecule has 0 bridgehead atoms. The number of aromatic nitrogens is 1. The Morgan fingerprint density at radius 2 is 2.05 bits per heavy atom. The van der Waals surface area contributed by atoms with Crippen LogP contribution in [0.1, 0.15) is 40.0 Å². The van der Waals surface area contributed by atoms with Gasteiger partial charge in [0.05, 0.1) is 5.69 Å². The maximum atomic E-state index is 11.9. The minimum Gasteiger partial charge on any atom is -0.330 e. The second-order valence-electron chi connectivity index (χ2n) is 5.79. The van der Waals surface area contributed by atoms with Gasteiger partial charge in [-0.3, -0.25) is 9.59 Å². The van der Waals surface area contributed by atoms with E-state index in [0.29, 0.717) is 25.2 Å². The highest BCUT2D eigenvalue weighted by molar-refractivity contribution is 5.90. The molecule has 1 aromatic heterocycles.